The van der Waals surface area contributed by atoms with Crippen molar-refractivity contribution >= 4 is 23.6 Å². The molecular formula is C23H25FN6O3. The van der Waals surface area contributed by atoms with E-state index in [1.54, 1.807) is 43.3 Å². The number of ether oxygens (including phenoxy) is 1. The molecule has 1 aliphatic heterocycles. The first-order valence-electron chi connectivity index (χ1n) is 10.3. The third kappa shape index (κ3) is 5.98. The zero-order valence-corrected chi connectivity index (χ0v) is 18.6. The average Bonchev–Trinajstić information content (AvgIpc) is 3.16. The fourth-order valence-electron chi connectivity index (χ4n) is 3.30. The lowest BCUT2D eigenvalue weighted by molar-refractivity contribution is -0.119. The third-order valence-electron chi connectivity index (χ3n) is 4.98. The Labute approximate surface area is 191 Å². The normalized spacial score (nSPS) is 15.6. The highest BCUT2D eigenvalue weighted by Gasteiger charge is 2.32. The minimum Gasteiger partial charge on any atom is -0.442 e. The predicted octanol–water partition coefficient (Wildman–Crippen LogP) is 2.44. The number of amides is 2. The van der Waals surface area contributed by atoms with Crippen LogP contribution in [0.5, 0.6) is 0 Å². The Kier molecular flexibility index (Phi) is 7.46. The standard InChI is InChI=1S/C23H25FN6O3/c1-15(31)26-12-19-13-30(23(32)33-19)18-8-9-20(21(24)10-18)17-6-4-16(5-7-17)11-27-22(28-14-25)29(2)3/h4-10,19H,11-13H2,1-3H3,(H,26,31)(H,27,28)/t19-/m0/s1. The first-order chi connectivity index (χ1) is 15.8. The second-order valence-corrected chi connectivity index (χ2v) is 7.69. The Morgan fingerprint density at radius 2 is 2.03 bits per heavy atom. The van der Waals surface area contributed by atoms with Gasteiger partial charge in [-0.1, -0.05) is 24.3 Å². The van der Waals surface area contributed by atoms with Gasteiger partial charge in [-0.15, -0.1) is 0 Å². The van der Waals surface area contributed by atoms with Crippen LogP contribution >= 0.6 is 0 Å². The largest absolute Gasteiger partial charge is 0.442 e. The molecule has 3 rings (SSSR count). The molecule has 0 unspecified atom stereocenters. The number of hydrogen-bond donors (Lipinski definition) is 2. The number of carbonyl (C=O) groups excluding carboxylic acids is 2. The van der Waals surface area contributed by atoms with E-state index in [0.717, 1.165) is 5.56 Å². The fourth-order valence-corrected chi connectivity index (χ4v) is 3.30. The van der Waals surface area contributed by atoms with E-state index in [1.165, 1.54) is 17.9 Å². The second-order valence-electron chi connectivity index (χ2n) is 7.69. The summed E-state index contributed by atoms with van der Waals surface area (Å²) >= 11 is 0. The number of cyclic esters (lactones) is 1. The maximum Gasteiger partial charge on any atom is 0.414 e. The van der Waals surface area contributed by atoms with E-state index >= 15 is 0 Å². The molecule has 0 saturated carbocycles. The van der Waals surface area contributed by atoms with Gasteiger partial charge in [0.2, 0.25) is 11.9 Å². The van der Waals surface area contributed by atoms with Crippen LogP contribution in [0.1, 0.15) is 12.5 Å². The van der Waals surface area contributed by atoms with E-state index < -0.39 is 18.0 Å². The summed E-state index contributed by atoms with van der Waals surface area (Å²) in [6.07, 6.45) is 0.781. The molecule has 1 atom stereocenters. The van der Waals surface area contributed by atoms with Crippen LogP contribution in [0.15, 0.2) is 47.5 Å². The monoisotopic (exact) mass is 452 g/mol. The van der Waals surface area contributed by atoms with Crippen molar-refractivity contribution in [1.29, 1.82) is 5.26 Å². The first-order valence-corrected chi connectivity index (χ1v) is 10.3. The summed E-state index contributed by atoms with van der Waals surface area (Å²) in [6.45, 7) is 2.18. The molecule has 0 bridgehead atoms. The van der Waals surface area contributed by atoms with Gasteiger partial charge in [0, 0.05) is 26.6 Å². The zero-order valence-electron chi connectivity index (χ0n) is 18.6. The molecule has 0 radical (unpaired) electrons. The Bertz CT molecular complexity index is 1090. The van der Waals surface area contributed by atoms with Gasteiger partial charge in [-0.2, -0.15) is 5.26 Å². The van der Waals surface area contributed by atoms with Gasteiger partial charge < -0.3 is 15.0 Å². The van der Waals surface area contributed by atoms with Crippen LogP contribution in [-0.2, 0) is 16.1 Å². The van der Waals surface area contributed by atoms with Gasteiger partial charge in [-0.25, -0.2) is 14.2 Å². The van der Waals surface area contributed by atoms with Gasteiger partial charge in [0.05, 0.1) is 25.3 Å². The number of hydrogen-bond acceptors (Lipinski definition) is 5. The minimum absolute atomic E-state index is 0.206. The Hall–Kier alpha value is -4.13. The lowest BCUT2D eigenvalue weighted by Gasteiger charge is -2.15. The summed E-state index contributed by atoms with van der Waals surface area (Å²) < 4.78 is 20.1. The molecule has 172 valence electrons. The number of nitrogens with one attached hydrogen (secondary N) is 2. The van der Waals surface area contributed by atoms with Crippen molar-refractivity contribution < 1.29 is 18.7 Å². The van der Waals surface area contributed by atoms with Gasteiger partial charge >= 0.3 is 6.09 Å². The quantitative estimate of drug-likeness (QED) is 0.302. The summed E-state index contributed by atoms with van der Waals surface area (Å²) in [5, 5.41) is 13.9. The van der Waals surface area contributed by atoms with Crippen molar-refractivity contribution in [3.63, 3.8) is 0 Å². The summed E-state index contributed by atoms with van der Waals surface area (Å²) in [5.74, 6) is -0.234. The molecule has 1 saturated heterocycles. The molecule has 1 fully saturated rings. The number of benzene rings is 2. The number of anilines is 1. The van der Waals surface area contributed by atoms with Crippen molar-refractivity contribution in [2.45, 2.75) is 19.6 Å². The lowest BCUT2D eigenvalue weighted by Crippen LogP contribution is -2.33. The molecule has 0 aromatic heterocycles. The highest BCUT2D eigenvalue weighted by molar-refractivity contribution is 5.90. The zero-order chi connectivity index (χ0) is 24.0. The smallest absolute Gasteiger partial charge is 0.414 e. The molecular weight excluding hydrogens is 427 g/mol. The van der Waals surface area contributed by atoms with Crippen LogP contribution in [0.3, 0.4) is 0 Å². The van der Waals surface area contributed by atoms with Gasteiger partial charge in [-0.05, 0) is 29.3 Å². The fraction of sp³-hybridized carbons (Fsp3) is 0.304. The van der Waals surface area contributed by atoms with Gasteiger partial charge in [-0.3, -0.25) is 15.0 Å². The van der Waals surface area contributed by atoms with E-state index in [4.69, 9.17) is 10.00 Å². The minimum atomic E-state index is -0.578. The molecule has 9 nitrogen and oxygen atoms in total. The van der Waals surface area contributed by atoms with E-state index in [0.29, 0.717) is 29.3 Å². The number of halogens is 1. The molecule has 1 heterocycles. The molecule has 2 N–H and O–H groups in total. The average molecular weight is 452 g/mol. The van der Waals surface area contributed by atoms with Gasteiger partial charge in [0.1, 0.15) is 11.9 Å². The maximum absolute atomic E-state index is 14.9. The molecule has 0 aliphatic carbocycles. The Morgan fingerprint density at radius 1 is 1.30 bits per heavy atom. The molecule has 10 heteroatoms. The molecule has 2 aromatic carbocycles. The Balaban J connectivity index is 1.70. The number of rotatable bonds is 6. The van der Waals surface area contributed by atoms with Gasteiger partial charge in [0.15, 0.2) is 6.19 Å². The first kappa shape index (κ1) is 23.5. The highest BCUT2D eigenvalue weighted by atomic mass is 19.1. The van der Waals surface area contributed by atoms with E-state index in [1.807, 2.05) is 18.3 Å². The topological polar surface area (TPSA) is 110 Å². The van der Waals surface area contributed by atoms with Crippen molar-refractivity contribution in [2.75, 3.05) is 32.1 Å². The molecule has 2 aromatic rings. The van der Waals surface area contributed by atoms with Crippen LogP contribution in [0.4, 0.5) is 14.9 Å². The summed E-state index contributed by atoms with van der Waals surface area (Å²) in [6, 6.07) is 11.9. The van der Waals surface area contributed by atoms with Crippen molar-refractivity contribution in [3.05, 3.63) is 53.8 Å². The molecule has 1 aliphatic rings. The summed E-state index contributed by atoms with van der Waals surface area (Å²) in [7, 11) is 3.56. The van der Waals surface area contributed by atoms with E-state index in [-0.39, 0.29) is 19.0 Å². The Morgan fingerprint density at radius 3 is 2.64 bits per heavy atom. The number of nitriles is 1. The highest BCUT2D eigenvalue weighted by Crippen LogP contribution is 2.29. The van der Waals surface area contributed by atoms with Crippen molar-refractivity contribution in [1.82, 2.24) is 15.5 Å². The van der Waals surface area contributed by atoms with Crippen molar-refractivity contribution in [2.24, 2.45) is 4.99 Å². The second kappa shape index (κ2) is 10.5. The molecule has 2 amide bonds. The van der Waals surface area contributed by atoms with Crippen LogP contribution in [-0.4, -0.2) is 56.1 Å². The van der Waals surface area contributed by atoms with Crippen LogP contribution in [0.2, 0.25) is 0 Å². The van der Waals surface area contributed by atoms with E-state index in [2.05, 4.69) is 15.6 Å². The maximum atomic E-state index is 14.9. The molecule has 33 heavy (non-hydrogen) atoms. The number of guanidine groups is 1. The van der Waals surface area contributed by atoms with E-state index in [9.17, 15) is 14.0 Å². The third-order valence-corrected chi connectivity index (χ3v) is 4.98. The van der Waals surface area contributed by atoms with Crippen LogP contribution < -0.4 is 15.5 Å². The van der Waals surface area contributed by atoms with Crippen molar-refractivity contribution in [3.8, 4) is 17.3 Å². The van der Waals surface area contributed by atoms with Crippen LogP contribution in [0.25, 0.3) is 11.1 Å². The SMILES string of the molecule is CC(=O)NC[C@H]1CN(c2ccc(-c3ccc(CN=C(NC#N)N(C)C)cc3)c(F)c2)C(=O)O1. The predicted molar refractivity (Wildman–Crippen MR) is 122 cm³/mol. The van der Waals surface area contributed by atoms with Gasteiger partial charge in [0.25, 0.3) is 0 Å². The number of aliphatic imine (C=N–C) groups is 1. The van der Waals surface area contributed by atoms with Crippen LogP contribution in [0, 0.1) is 17.3 Å². The number of carbonyl (C=O) groups is 2. The summed E-state index contributed by atoms with van der Waals surface area (Å²) in [5.41, 5.74) is 2.37. The lowest BCUT2D eigenvalue weighted by atomic mass is 10.0. The summed E-state index contributed by atoms with van der Waals surface area (Å²) in [4.78, 5) is 30.6. The molecule has 0 spiro atoms. The number of nitrogens with zero attached hydrogens (tertiary/aromatic N) is 4.